The number of rotatable bonds is 2. The quantitative estimate of drug-likeness (QED) is 0.380. The Morgan fingerprint density at radius 1 is 1.50 bits per heavy atom. The lowest BCUT2D eigenvalue weighted by Gasteiger charge is -2.35. The minimum Gasteiger partial charge on any atom is -0.409 e. The maximum atomic E-state index is 12.7. The van der Waals surface area contributed by atoms with Crippen molar-refractivity contribution in [1.29, 1.82) is 0 Å². The molecular weight excluding hydrogens is 278 g/mol. The third kappa shape index (κ3) is 2.72. The molecular formula is C14H18ClN3O2. The van der Waals surface area contributed by atoms with Crippen LogP contribution in [0.5, 0.6) is 0 Å². The Morgan fingerprint density at radius 2 is 2.25 bits per heavy atom. The van der Waals surface area contributed by atoms with Gasteiger partial charge in [-0.25, -0.2) is 0 Å². The summed E-state index contributed by atoms with van der Waals surface area (Å²) in [5.41, 5.74) is 7.02. The van der Waals surface area contributed by atoms with Crippen LogP contribution >= 0.6 is 11.6 Å². The smallest absolute Gasteiger partial charge is 0.254 e. The van der Waals surface area contributed by atoms with E-state index < -0.39 is 0 Å². The molecule has 0 bridgehead atoms. The van der Waals surface area contributed by atoms with E-state index in [0.29, 0.717) is 23.6 Å². The van der Waals surface area contributed by atoms with Crippen LogP contribution in [0.2, 0.25) is 5.02 Å². The summed E-state index contributed by atoms with van der Waals surface area (Å²) in [5.74, 6) is -0.0426. The fourth-order valence-electron chi connectivity index (χ4n) is 2.54. The van der Waals surface area contributed by atoms with Gasteiger partial charge in [0.15, 0.2) is 5.84 Å². The van der Waals surface area contributed by atoms with E-state index in [1.807, 2.05) is 6.92 Å². The number of hydrogen-bond acceptors (Lipinski definition) is 3. The SMILES string of the molecule is Cc1c(Cl)cccc1C(=O)N1CCCCC1/C(N)=N/O. The van der Waals surface area contributed by atoms with E-state index in [0.717, 1.165) is 18.4 Å². The molecule has 3 N–H and O–H groups in total. The molecule has 0 spiro atoms. The maximum Gasteiger partial charge on any atom is 0.254 e. The summed E-state index contributed by atoms with van der Waals surface area (Å²) in [6, 6.07) is 4.91. The lowest BCUT2D eigenvalue weighted by molar-refractivity contribution is 0.0676. The average Bonchev–Trinajstić information content (AvgIpc) is 2.48. The van der Waals surface area contributed by atoms with Gasteiger partial charge in [-0.3, -0.25) is 4.79 Å². The standard InChI is InChI=1S/C14H18ClN3O2/c1-9-10(5-4-6-11(9)15)14(19)18-8-3-2-7-12(18)13(16)17-20/h4-6,12,20H,2-3,7-8H2,1H3,(H2,16,17). The first kappa shape index (κ1) is 14.7. The highest BCUT2D eigenvalue weighted by molar-refractivity contribution is 6.31. The molecule has 1 aliphatic rings. The zero-order valence-electron chi connectivity index (χ0n) is 11.3. The van der Waals surface area contributed by atoms with Gasteiger partial charge < -0.3 is 15.8 Å². The minimum atomic E-state index is -0.348. The Balaban J connectivity index is 2.32. The van der Waals surface area contributed by atoms with Crippen LogP contribution in [0.25, 0.3) is 0 Å². The van der Waals surface area contributed by atoms with Crippen LogP contribution in [0.3, 0.4) is 0 Å². The topological polar surface area (TPSA) is 78.9 Å². The van der Waals surface area contributed by atoms with Gasteiger partial charge in [0.25, 0.3) is 5.91 Å². The van der Waals surface area contributed by atoms with E-state index in [1.165, 1.54) is 0 Å². The predicted molar refractivity (Wildman–Crippen MR) is 78.3 cm³/mol. The second-order valence-electron chi connectivity index (χ2n) is 4.95. The van der Waals surface area contributed by atoms with E-state index >= 15 is 0 Å². The van der Waals surface area contributed by atoms with Gasteiger partial charge in [0.05, 0.1) is 6.04 Å². The molecule has 1 aromatic rings. The number of amides is 1. The van der Waals surface area contributed by atoms with Crippen molar-refractivity contribution in [2.24, 2.45) is 10.9 Å². The van der Waals surface area contributed by atoms with Gasteiger partial charge in [-0.1, -0.05) is 22.8 Å². The van der Waals surface area contributed by atoms with E-state index in [4.69, 9.17) is 22.5 Å². The first-order valence-electron chi connectivity index (χ1n) is 6.59. The monoisotopic (exact) mass is 295 g/mol. The molecule has 0 saturated carbocycles. The highest BCUT2D eigenvalue weighted by Gasteiger charge is 2.31. The number of amidine groups is 1. The first-order valence-corrected chi connectivity index (χ1v) is 6.97. The number of carbonyl (C=O) groups is 1. The second-order valence-corrected chi connectivity index (χ2v) is 5.35. The summed E-state index contributed by atoms with van der Waals surface area (Å²) in [5, 5.41) is 12.5. The third-order valence-corrected chi connectivity index (χ3v) is 4.13. The van der Waals surface area contributed by atoms with Crippen molar-refractivity contribution in [1.82, 2.24) is 4.90 Å². The molecule has 108 valence electrons. The molecule has 20 heavy (non-hydrogen) atoms. The van der Waals surface area contributed by atoms with Crippen LogP contribution in [0.1, 0.15) is 35.2 Å². The molecule has 1 unspecified atom stereocenters. The van der Waals surface area contributed by atoms with Crippen molar-refractivity contribution in [3.63, 3.8) is 0 Å². The molecule has 0 aliphatic carbocycles. The maximum absolute atomic E-state index is 12.7. The molecule has 1 heterocycles. The van der Waals surface area contributed by atoms with Crippen molar-refractivity contribution in [3.8, 4) is 0 Å². The number of halogens is 1. The number of piperidine rings is 1. The van der Waals surface area contributed by atoms with E-state index in [-0.39, 0.29) is 17.8 Å². The number of benzene rings is 1. The molecule has 5 nitrogen and oxygen atoms in total. The molecule has 6 heteroatoms. The van der Waals surface area contributed by atoms with Crippen LogP contribution in [0.4, 0.5) is 0 Å². The summed E-state index contributed by atoms with van der Waals surface area (Å²) in [6.45, 7) is 2.42. The lowest BCUT2D eigenvalue weighted by Crippen LogP contribution is -2.50. The number of oxime groups is 1. The Kier molecular flexibility index (Phi) is 4.49. The van der Waals surface area contributed by atoms with Gasteiger partial charge in [-0.15, -0.1) is 0 Å². The van der Waals surface area contributed by atoms with Gasteiger partial charge in [-0.05, 0) is 43.9 Å². The predicted octanol–water partition coefficient (Wildman–Crippen LogP) is 2.39. The summed E-state index contributed by atoms with van der Waals surface area (Å²) in [4.78, 5) is 14.3. The average molecular weight is 296 g/mol. The van der Waals surface area contributed by atoms with Gasteiger partial charge >= 0.3 is 0 Å². The zero-order chi connectivity index (χ0) is 14.7. The number of likely N-dealkylation sites (tertiary alicyclic amines) is 1. The fraction of sp³-hybridized carbons (Fsp3) is 0.429. The fourth-order valence-corrected chi connectivity index (χ4v) is 2.72. The van der Waals surface area contributed by atoms with E-state index in [1.54, 1.807) is 23.1 Å². The number of nitrogens with two attached hydrogens (primary N) is 1. The van der Waals surface area contributed by atoms with Crippen LogP contribution < -0.4 is 5.73 Å². The molecule has 0 aromatic heterocycles. The van der Waals surface area contributed by atoms with Gasteiger partial charge in [-0.2, -0.15) is 0 Å². The minimum absolute atomic E-state index is 0.0812. The van der Waals surface area contributed by atoms with E-state index in [2.05, 4.69) is 5.16 Å². The molecule has 2 rings (SSSR count). The highest BCUT2D eigenvalue weighted by Crippen LogP contribution is 2.24. The van der Waals surface area contributed by atoms with Crippen LogP contribution in [-0.4, -0.2) is 34.4 Å². The third-order valence-electron chi connectivity index (χ3n) is 3.72. The summed E-state index contributed by atoms with van der Waals surface area (Å²) in [6.07, 6.45) is 2.58. The van der Waals surface area contributed by atoms with Crippen LogP contribution in [0.15, 0.2) is 23.4 Å². The molecule has 1 aliphatic heterocycles. The van der Waals surface area contributed by atoms with Crippen molar-refractivity contribution in [2.45, 2.75) is 32.2 Å². The van der Waals surface area contributed by atoms with E-state index in [9.17, 15) is 4.79 Å². The molecule has 1 amide bonds. The van der Waals surface area contributed by atoms with Crippen LogP contribution in [-0.2, 0) is 0 Å². The first-order chi connectivity index (χ1) is 9.56. The molecule has 1 aromatic carbocycles. The van der Waals surface area contributed by atoms with Crippen molar-refractivity contribution >= 4 is 23.3 Å². The van der Waals surface area contributed by atoms with Crippen molar-refractivity contribution in [3.05, 3.63) is 34.3 Å². The Labute approximate surface area is 123 Å². The molecule has 1 fully saturated rings. The highest BCUT2D eigenvalue weighted by atomic mass is 35.5. The Bertz CT molecular complexity index is 545. The lowest BCUT2D eigenvalue weighted by atomic mass is 9.99. The Morgan fingerprint density at radius 3 is 2.95 bits per heavy atom. The number of hydrogen-bond donors (Lipinski definition) is 2. The number of nitrogens with zero attached hydrogens (tertiary/aromatic N) is 2. The molecule has 0 radical (unpaired) electrons. The second kappa shape index (κ2) is 6.13. The van der Waals surface area contributed by atoms with Crippen molar-refractivity contribution in [2.75, 3.05) is 6.54 Å². The van der Waals surface area contributed by atoms with Crippen LogP contribution in [0, 0.1) is 6.92 Å². The summed E-state index contributed by atoms with van der Waals surface area (Å²) >= 11 is 6.06. The van der Waals surface area contributed by atoms with Gasteiger partial charge in [0, 0.05) is 17.1 Å². The summed E-state index contributed by atoms with van der Waals surface area (Å²) < 4.78 is 0. The zero-order valence-corrected chi connectivity index (χ0v) is 12.1. The van der Waals surface area contributed by atoms with Crippen molar-refractivity contribution < 1.29 is 10.0 Å². The van der Waals surface area contributed by atoms with Gasteiger partial charge in [0.1, 0.15) is 0 Å². The normalized spacial score (nSPS) is 20.0. The largest absolute Gasteiger partial charge is 0.409 e. The molecule has 1 saturated heterocycles. The van der Waals surface area contributed by atoms with Gasteiger partial charge in [0.2, 0.25) is 0 Å². The summed E-state index contributed by atoms with van der Waals surface area (Å²) in [7, 11) is 0. The Hall–Kier alpha value is -1.75. The molecule has 1 atom stereocenters. The number of carbonyl (C=O) groups excluding carboxylic acids is 1.